The molecule has 1 aromatic heterocycles. The van der Waals surface area contributed by atoms with Crippen LogP contribution in [0.5, 0.6) is 0 Å². The van der Waals surface area contributed by atoms with Crippen LogP contribution in [0.1, 0.15) is 30.3 Å². The van der Waals surface area contributed by atoms with Crippen molar-refractivity contribution in [3.63, 3.8) is 0 Å². The highest BCUT2D eigenvalue weighted by Gasteiger charge is 2.12. The molecule has 1 unspecified atom stereocenters. The van der Waals surface area contributed by atoms with E-state index in [1.165, 1.54) is 12.4 Å². The van der Waals surface area contributed by atoms with Crippen LogP contribution in [0.2, 0.25) is 0 Å². The van der Waals surface area contributed by atoms with Gasteiger partial charge in [-0.3, -0.25) is 9.59 Å². The van der Waals surface area contributed by atoms with Crippen molar-refractivity contribution in [3.05, 3.63) is 18.1 Å². The van der Waals surface area contributed by atoms with Crippen LogP contribution in [0, 0.1) is 5.92 Å². The Kier molecular flexibility index (Phi) is 5.04. The number of primary amides is 1. The van der Waals surface area contributed by atoms with E-state index in [1.807, 2.05) is 0 Å². The molecule has 0 bridgehead atoms. The molecule has 0 spiro atoms. The monoisotopic (exact) mass is 252 g/mol. The van der Waals surface area contributed by atoms with E-state index in [2.05, 4.69) is 15.3 Å². The Balaban J connectivity index is 2.45. The highest BCUT2D eigenvalue weighted by Crippen LogP contribution is 2.09. The molecule has 1 heterocycles. The first-order valence-corrected chi connectivity index (χ1v) is 5.60. The maximum atomic E-state index is 11.1. The molecular formula is C11H16N4O3. The van der Waals surface area contributed by atoms with Gasteiger partial charge in [-0.1, -0.05) is 6.92 Å². The molecule has 0 saturated carbocycles. The summed E-state index contributed by atoms with van der Waals surface area (Å²) in [5.41, 5.74) is 5.23. The number of aromatic nitrogens is 2. The smallest absolute Gasteiger partial charge is 0.306 e. The summed E-state index contributed by atoms with van der Waals surface area (Å²) < 4.78 is 0. The minimum absolute atomic E-state index is 0.0868. The normalized spacial score (nSPS) is 11.8. The molecule has 7 heteroatoms. The van der Waals surface area contributed by atoms with Gasteiger partial charge in [-0.05, 0) is 12.8 Å². The maximum Gasteiger partial charge on any atom is 0.306 e. The van der Waals surface area contributed by atoms with E-state index in [1.54, 1.807) is 6.92 Å². The number of hydrogen-bond acceptors (Lipinski definition) is 5. The zero-order chi connectivity index (χ0) is 13.5. The zero-order valence-corrected chi connectivity index (χ0v) is 10.1. The second kappa shape index (κ2) is 6.53. The fraction of sp³-hybridized carbons (Fsp3) is 0.455. The van der Waals surface area contributed by atoms with Gasteiger partial charge in [-0.25, -0.2) is 9.97 Å². The highest BCUT2D eigenvalue weighted by molar-refractivity contribution is 5.95. The molecule has 0 radical (unpaired) electrons. The van der Waals surface area contributed by atoms with Gasteiger partial charge in [0.2, 0.25) is 0 Å². The summed E-state index contributed by atoms with van der Waals surface area (Å²) in [6, 6.07) is 0. The molecular weight excluding hydrogens is 236 g/mol. The van der Waals surface area contributed by atoms with Crippen LogP contribution in [-0.2, 0) is 4.79 Å². The molecule has 0 fully saturated rings. The summed E-state index contributed by atoms with van der Waals surface area (Å²) in [7, 11) is 0. The quantitative estimate of drug-likeness (QED) is 0.608. The second-order valence-corrected chi connectivity index (χ2v) is 3.93. The van der Waals surface area contributed by atoms with Gasteiger partial charge in [-0.2, -0.15) is 0 Å². The molecule has 1 aromatic rings. The number of carboxylic acid groups (broad SMARTS) is 1. The van der Waals surface area contributed by atoms with Crippen molar-refractivity contribution in [2.75, 3.05) is 11.9 Å². The van der Waals surface area contributed by atoms with Crippen LogP contribution in [0.3, 0.4) is 0 Å². The lowest BCUT2D eigenvalue weighted by Gasteiger charge is -2.09. The summed E-state index contributed by atoms with van der Waals surface area (Å²) in [5, 5.41) is 11.6. The number of carbonyl (C=O) groups is 2. The van der Waals surface area contributed by atoms with Gasteiger partial charge in [0, 0.05) is 18.9 Å². The van der Waals surface area contributed by atoms with Crippen LogP contribution in [-0.4, -0.2) is 33.5 Å². The molecule has 1 rings (SSSR count). The Morgan fingerprint density at radius 2 is 2.11 bits per heavy atom. The van der Waals surface area contributed by atoms with E-state index < -0.39 is 11.9 Å². The number of rotatable bonds is 7. The van der Waals surface area contributed by atoms with E-state index in [4.69, 9.17) is 10.8 Å². The van der Waals surface area contributed by atoms with Gasteiger partial charge >= 0.3 is 5.97 Å². The molecule has 0 aliphatic heterocycles. The Morgan fingerprint density at radius 1 is 1.44 bits per heavy atom. The number of nitrogens with one attached hydrogen (secondary N) is 1. The summed E-state index contributed by atoms with van der Waals surface area (Å²) in [5.74, 6) is -1.52. The topological polar surface area (TPSA) is 118 Å². The van der Waals surface area contributed by atoms with Crippen molar-refractivity contribution in [2.45, 2.75) is 19.8 Å². The zero-order valence-electron chi connectivity index (χ0n) is 10.1. The lowest BCUT2D eigenvalue weighted by molar-refractivity contribution is -0.141. The third-order valence-corrected chi connectivity index (χ3v) is 2.46. The third kappa shape index (κ3) is 4.00. The summed E-state index contributed by atoms with van der Waals surface area (Å²) in [4.78, 5) is 29.4. The molecule has 0 aromatic carbocycles. The molecule has 0 saturated heterocycles. The van der Waals surface area contributed by atoms with Gasteiger partial charge in [0.15, 0.2) is 11.5 Å². The third-order valence-electron chi connectivity index (χ3n) is 2.46. The minimum Gasteiger partial charge on any atom is -0.481 e. The molecule has 0 aliphatic rings. The van der Waals surface area contributed by atoms with Crippen molar-refractivity contribution in [3.8, 4) is 0 Å². The second-order valence-electron chi connectivity index (χ2n) is 3.93. The number of nitrogens with zero attached hydrogens (tertiary/aromatic N) is 2. The first kappa shape index (κ1) is 13.9. The first-order valence-electron chi connectivity index (χ1n) is 5.60. The molecule has 1 amide bonds. The van der Waals surface area contributed by atoms with Crippen LogP contribution in [0.4, 0.5) is 5.82 Å². The molecule has 18 heavy (non-hydrogen) atoms. The van der Waals surface area contributed by atoms with Gasteiger partial charge < -0.3 is 16.2 Å². The largest absolute Gasteiger partial charge is 0.481 e. The van der Waals surface area contributed by atoms with E-state index >= 15 is 0 Å². The number of aliphatic carboxylic acids is 1. The van der Waals surface area contributed by atoms with E-state index in [9.17, 15) is 9.59 Å². The van der Waals surface area contributed by atoms with Gasteiger partial charge in [-0.15, -0.1) is 0 Å². The molecule has 1 atom stereocenters. The van der Waals surface area contributed by atoms with Crippen molar-refractivity contribution in [2.24, 2.45) is 11.7 Å². The number of nitrogens with two attached hydrogens (primary N) is 1. The summed E-state index contributed by atoms with van der Waals surface area (Å²) in [6.07, 6.45) is 4.04. The molecule has 98 valence electrons. The van der Waals surface area contributed by atoms with Gasteiger partial charge in [0.05, 0.1) is 5.92 Å². The number of carbonyl (C=O) groups excluding carboxylic acids is 1. The molecule has 0 aliphatic carbocycles. The lowest BCUT2D eigenvalue weighted by atomic mass is 10.1. The Hall–Kier alpha value is -2.18. The number of anilines is 1. The summed E-state index contributed by atoms with van der Waals surface area (Å²) in [6.45, 7) is 2.16. The fourth-order valence-electron chi connectivity index (χ4n) is 1.39. The predicted molar refractivity (Wildman–Crippen MR) is 65.1 cm³/mol. The molecule has 4 N–H and O–H groups in total. The lowest BCUT2D eigenvalue weighted by Crippen LogP contribution is -2.18. The van der Waals surface area contributed by atoms with Crippen molar-refractivity contribution < 1.29 is 14.7 Å². The molecule has 7 nitrogen and oxygen atoms in total. The van der Waals surface area contributed by atoms with Crippen molar-refractivity contribution in [1.29, 1.82) is 0 Å². The highest BCUT2D eigenvalue weighted by atomic mass is 16.4. The SMILES string of the molecule is CC(CCCNc1nccnc1C(N)=O)C(=O)O. The van der Waals surface area contributed by atoms with Crippen molar-refractivity contribution >= 4 is 17.7 Å². The van der Waals surface area contributed by atoms with Crippen molar-refractivity contribution in [1.82, 2.24) is 9.97 Å². The average Bonchev–Trinajstić information content (AvgIpc) is 2.34. The van der Waals surface area contributed by atoms with Crippen LogP contribution in [0.25, 0.3) is 0 Å². The predicted octanol–water partition coefficient (Wildman–Crippen LogP) is 0.488. The van der Waals surface area contributed by atoms with Crippen LogP contribution < -0.4 is 11.1 Å². The standard InChI is InChI=1S/C11H16N4O3/c1-7(11(17)18)3-2-4-14-10-8(9(12)16)13-5-6-15-10/h5-7H,2-4H2,1H3,(H2,12,16)(H,14,15)(H,17,18). The van der Waals surface area contributed by atoms with E-state index in [0.717, 1.165) is 0 Å². The Labute approximate surface area is 104 Å². The Bertz CT molecular complexity index is 436. The van der Waals surface area contributed by atoms with Gasteiger partial charge in [0.1, 0.15) is 0 Å². The summed E-state index contributed by atoms with van der Waals surface area (Å²) >= 11 is 0. The first-order chi connectivity index (χ1) is 8.52. The number of hydrogen-bond donors (Lipinski definition) is 3. The minimum atomic E-state index is -0.813. The van der Waals surface area contributed by atoms with Gasteiger partial charge in [0.25, 0.3) is 5.91 Å². The Morgan fingerprint density at radius 3 is 2.72 bits per heavy atom. The van der Waals surface area contributed by atoms with E-state index in [0.29, 0.717) is 25.2 Å². The average molecular weight is 252 g/mol. The number of amides is 1. The van der Waals surface area contributed by atoms with Crippen LogP contribution in [0.15, 0.2) is 12.4 Å². The van der Waals surface area contributed by atoms with Crippen LogP contribution >= 0.6 is 0 Å². The maximum absolute atomic E-state index is 11.1. The van der Waals surface area contributed by atoms with E-state index in [-0.39, 0.29) is 11.6 Å². The number of carboxylic acids is 1. The fourth-order valence-corrected chi connectivity index (χ4v) is 1.39.